The average Bonchev–Trinajstić information content (AvgIpc) is 2.81. The number of rotatable bonds is 6. The molecule has 2 aliphatic heterocycles. The Balaban J connectivity index is 1.43. The molecule has 2 N–H and O–H groups in total. The first-order valence-electron chi connectivity index (χ1n) is 11.2. The van der Waals surface area contributed by atoms with Crippen molar-refractivity contribution in [2.45, 2.75) is 37.0 Å². The van der Waals surface area contributed by atoms with Crippen molar-refractivity contribution >= 4 is 21.9 Å². The van der Waals surface area contributed by atoms with Crippen LogP contribution in [-0.2, 0) is 14.8 Å². The van der Waals surface area contributed by atoms with E-state index in [0.717, 1.165) is 51.3 Å². The molecule has 2 heterocycles. The van der Waals surface area contributed by atoms with Gasteiger partial charge in [-0.25, -0.2) is 8.42 Å². The molecule has 3 rings (SSSR count). The van der Waals surface area contributed by atoms with Crippen molar-refractivity contribution in [2.24, 2.45) is 16.8 Å². The molecule has 2 saturated heterocycles. The largest absolute Gasteiger partial charge is 0.359 e. The molecule has 0 radical (unpaired) electrons. The van der Waals surface area contributed by atoms with Gasteiger partial charge in [0.25, 0.3) is 0 Å². The summed E-state index contributed by atoms with van der Waals surface area (Å²) in [5, 5.41) is 6.20. The van der Waals surface area contributed by atoms with Crippen molar-refractivity contribution in [2.75, 3.05) is 46.8 Å². The molecular formula is C22H35N5O3S. The maximum atomic E-state index is 12.8. The third-order valence-corrected chi connectivity index (χ3v) is 8.29. The van der Waals surface area contributed by atoms with Gasteiger partial charge in [-0.05, 0) is 49.7 Å². The highest BCUT2D eigenvalue weighted by Gasteiger charge is 2.30. The number of hydrogen-bond acceptors (Lipinski definition) is 4. The van der Waals surface area contributed by atoms with E-state index < -0.39 is 10.0 Å². The number of likely N-dealkylation sites (tertiary alicyclic amines) is 1. The summed E-state index contributed by atoms with van der Waals surface area (Å²) in [5.41, 5.74) is 0. The van der Waals surface area contributed by atoms with E-state index in [0.29, 0.717) is 36.2 Å². The molecule has 31 heavy (non-hydrogen) atoms. The summed E-state index contributed by atoms with van der Waals surface area (Å²) in [5.74, 6) is 1.87. The van der Waals surface area contributed by atoms with Gasteiger partial charge in [-0.2, -0.15) is 4.31 Å². The Kier molecular flexibility index (Phi) is 8.31. The highest BCUT2D eigenvalue weighted by atomic mass is 32.2. The quantitative estimate of drug-likeness (QED) is 0.507. The second-order valence-corrected chi connectivity index (χ2v) is 10.3. The lowest BCUT2D eigenvalue weighted by Crippen LogP contribution is -2.48. The molecule has 0 unspecified atom stereocenters. The summed E-state index contributed by atoms with van der Waals surface area (Å²) in [6.45, 7) is 3.69. The maximum Gasteiger partial charge on any atom is 0.243 e. The number of nitrogens with zero attached hydrogens (tertiary/aromatic N) is 3. The summed E-state index contributed by atoms with van der Waals surface area (Å²) in [6, 6.07) is 8.66. The van der Waals surface area contributed by atoms with Gasteiger partial charge in [0.05, 0.1) is 4.90 Å². The van der Waals surface area contributed by atoms with Crippen LogP contribution in [0.25, 0.3) is 0 Å². The second kappa shape index (κ2) is 10.9. The fourth-order valence-corrected chi connectivity index (χ4v) is 5.87. The Morgan fingerprint density at radius 3 is 2.23 bits per heavy atom. The Morgan fingerprint density at radius 2 is 1.65 bits per heavy atom. The number of piperidine rings is 2. The predicted octanol–water partition coefficient (Wildman–Crippen LogP) is 1.51. The first-order valence-corrected chi connectivity index (χ1v) is 12.6. The van der Waals surface area contributed by atoms with E-state index >= 15 is 0 Å². The Labute approximate surface area is 186 Å². The minimum Gasteiger partial charge on any atom is -0.359 e. The van der Waals surface area contributed by atoms with Gasteiger partial charge in [-0.15, -0.1) is 0 Å². The Hall–Kier alpha value is -2.13. The molecule has 1 aromatic rings. The van der Waals surface area contributed by atoms with Crippen LogP contribution in [0.4, 0.5) is 0 Å². The molecule has 2 aliphatic rings. The van der Waals surface area contributed by atoms with Crippen LogP contribution in [0.1, 0.15) is 32.1 Å². The van der Waals surface area contributed by atoms with Gasteiger partial charge in [0.15, 0.2) is 5.96 Å². The topological polar surface area (TPSA) is 94.1 Å². The Morgan fingerprint density at radius 1 is 1.03 bits per heavy atom. The van der Waals surface area contributed by atoms with Crippen molar-refractivity contribution in [1.29, 1.82) is 0 Å². The maximum absolute atomic E-state index is 12.8. The van der Waals surface area contributed by atoms with E-state index in [-0.39, 0.29) is 5.91 Å². The molecule has 0 aromatic heterocycles. The number of sulfonamides is 1. The van der Waals surface area contributed by atoms with E-state index in [1.54, 1.807) is 42.7 Å². The van der Waals surface area contributed by atoms with Gasteiger partial charge in [-0.1, -0.05) is 18.2 Å². The Bertz CT molecular complexity index is 843. The standard InChI is InChI=1S/C22H35N5O3S/c1-23-21(28)16-18-8-12-26(13-9-18)22(24-2)25-17-19-10-14-27(15-11-19)31(29,30)20-6-4-3-5-7-20/h3-7,18-19H,8-17H2,1-2H3,(H,23,28)(H,24,25). The number of hydrogen-bond donors (Lipinski definition) is 2. The molecule has 1 aromatic carbocycles. The normalized spacial score (nSPS) is 19.9. The summed E-state index contributed by atoms with van der Waals surface area (Å²) < 4.78 is 27.2. The van der Waals surface area contributed by atoms with Crippen LogP contribution in [0.15, 0.2) is 40.2 Å². The molecule has 9 heteroatoms. The van der Waals surface area contributed by atoms with E-state index in [4.69, 9.17) is 0 Å². The fraction of sp³-hybridized carbons (Fsp3) is 0.636. The van der Waals surface area contributed by atoms with Gasteiger partial charge in [-0.3, -0.25) is 9.79 Å². The van der Waals surface area contributed by atoms with Crippen molar-refractivity contribution in [3.8, 4) is 0 Å². The van der Waals surface area contributed by atoms with Crippen molar-refractivity contribution in [3.63, 3.8) is 0 Å². The monoisotopic (exact) mass is 449 g/mol. The molecule has 0 spiro atoms. The smallest absolute Gasteiger partial charge is 0.243 e. The SMILES string of the molecule is CN=C(NCC1CCN(S(=O)(=O)c2ccccc2)CC1)N1CCC(CC(=O)NC)CC1. The summed E-state index contributed by atoms with van der Waals surface area (Å²) in [6.07, 6.45) is 4.25. The zero-order chi connectivity index (χ0) is 22.3. The molecule has 0 bridgehead atoms. The minimum atomic E-state index is -3.40. The number of carbonyl (C=O) groups excluding carboxylic acids is 1. The van der Waals surface area contributed by atoms with Crippen molar-refractivity contribution in [3.05, 3.63) is 30.3 Å². The summed E-state index contributed by atoms with van der Waals surface area (Å²) in [4.78, 5) is 18.7. The number of carbonyl (C=O) groups is 1. The number of benzene rings is 1. The van der Waals surface area contributed by atoms with Gasteiger partial charge in [0, 0.05) is 53.2 Å². The van der Waals surface area contributed by atoms with Crippen molar-refractivity contribution < 1.29 is 13.2 Å². The summed E-state index contributed by atoms with van der Waals surface area (Å²) >= 11 is 0. The van der Waals surface area contributed by atoms with Crippen LogP contribution >= 0.6 is 0 Å². The van der Waals surface area contributed by atoms with Gasteiger partial charge < -0.3 is 15.5 Å². The molecule has 0 aliphatic carbocycles. The summed E-state index contributed by atoms with van der Waals surface area (Å²) in [7, 11) is 0.0829. The number of guanidine groups is 1. The van der Waals surface area contributed by atoms with Crippen LogP contribution in [0, 0.1) is 11.8 Å². The van der Waals surface area contributed by atoms with Crippen molar-refractivity contribution in [1.82, 2.24) is 19.8 Å². The lowest BCUT2D eigenvalue weighted by Gasteiger charge is -2.35. The third-order valence-electron chi connectivity index (χ3n) is 6.38. The van der Waals surface area contributed by atoms with E-state index in [9.17, 15) is 13.2 Å². The molecule has 2 fully saturated rings. The number of amides is 1. The van der Waals surface area contributed by atoms with E-state index in [2.05, 4.69) is 20.5 Å². The van der Waals surface area contributed by atoms with E-state index in [1.807, 2.05) is 6.07 Å². The lowest BCUT2D eigenvalue weighted by molar-refractivity contribution is -0.121. The highest BCUT2D eigenvalue weighted by Crippen LogP contribution is 2.24. The fourth-order valence-electron chi connectivity index (χ4n) is 4.38. The lowest BCUT2D eigenvalue weighted by atomic mass is 9.93. The number of aliphatic imine (C=N–C) groups is 1. The zero-order valence-electron chi connectivity index (χ0n) is 18.6. The minimum absolute atomic E-state index is 0.113. The van der Waals surface area contributed by atoms with Crippen LogP contribution in [0.3, 0.4) is 0 Å². The predicted molar refractivity (Wildman–Crippen MR) is 122 cm³/mol. The zero-order valence-corrected chi connectivity index (χ0v) is 19.4. The molecular weight excluding hydrogens is 414 g/mol. The molecule has 8 nitrogen and oxygen atoms in total. The molecule has 0 atom stereocenters. The van der Waals surface area contributed by atoms with Gasteiger partial charge >= 0.3 is 0 Å². The molecule has 1 amide bonds. The van der Waals surface area contributed by atoms with Crippen LogP contribution in [0.5, 0.6) is 0 Å². The first-order chi connectivity index (χ1) is 14.9. The highest BCUT2D eigenvalue weighted by molar-refractivity contribution is 7.89. The second-order valence-electron chi connectivity index (χ2n) is 8.40. The molecule has 0 saturated carbocycles. The van der Waals surface area contributed by atoms with Gasteiger partial charge in [0.2, 0.25) is 15.9 Å². The average molecular weight is 450 g/mol. The molecule has 172 valence electrons. The third kappa shape index (κ3) is 6.20. The van der Waals surface area contributed by atoms with E-state index in [1.165, 1.54) is 0 Å². The first kappa shape index (κ1) is 23.5. The van der Waals surface area contributed by atoms with Crippen LogP contribution in [-0.4, -0.2) is 76.3 Å². The van der Waals surface area contributed by atoms with Crippen LogP contribution < -0.4 is 10.6 Å². The van der Waals surface area contributed by atoms with Gasteiger partial charge in [0.1, 0.15) is 0 Å². The number of nitrogens with one attached hydrogen (secondary N) is 2. The van der Waals surface area contributed by atoms with Crippen LogP contribution in [0.2, 0.25) is 0 Å².